The largest absolute Gasteiger partial charge is 0.271 e. The molecule has 0 amide bonds. The molecule has 21 heavy (non-hydrogen) atoms. The van der Waals surface area contributed by atoms with E-state index < -0.39 is 0 Å². The van der Waals surface area contributed by atoms with Gasteiger partial charge in [0.1, 0.15) is 0 Å². The maximum Gasteiger partial charge on any atom is 0.0705 e. The molecule has 3 aromatic rings. The fourth-order valence-corrected chi connectivity index (χ4v) is 2.92. The van der Waals surface area contributed by atoms with Gasteiger partial charge in [-0.2, -0.15) is 0 Å². The summed E-state index contributed by atoms with van der Waals surface area (Å²) < 4.78 is 1.08. The van der Waals surface area contributed by atoms with E-state index in [1.807, 2.05) is 24.4 Å². The van der Waals surface area contributed by atoms with E-state index in [-0.39, 0.29) is 6.04 Å². The molecule has 0 saturated carbocycles. The molecule has 1 atom stereocenters. The van der Waals surface area contributed by atoms with Crippen molar-refractivity contribution in [2.75, 3.05) is 0 Å². The average Bonchev–Trinajstić information content (AvgIpc) is 2.52. The van der Waals surface area contributed by atoms with E-state index in [0.717, 1.165) is 27.4 Å². The second-order valence-electron chi connectivity index (χ2n) is 5.01. The summed E-state index contributed by atoms with van der Waals surface area (Å²) in [6, 6.07) is 18.6. The molecule has 3 rings (SSSR count). The Labute approximate surface area is 132 Å². The van der Waals surface area contributed by atoms with Crippen LogP contribution >= 0.6 is 15.9 Å². The molecule has 0 spiro atoms. The topological polar surface area (TPSA) is 50.9 Å². The first-order valence-electron chi connectivity index (χ1n) is 6.81. The SMILES string of the molecule is NNC(Cc1cccc(Br)c1)c1ccc2cccnc2c1. The monoisotopic (exact) mass is 341 g/mol. The summed E-state index contributed by atoms with van der Waals surface area (Å²) in [7, 11) is 0. The number of nitrogens with zero attached hydrogens (tertiary/aromatic N) is 1. The van der Waals surface area contributed by atoms with Crippen molar-refractivity contribution in [2.24, 2.45) is 5.84 Å². The Morgan fingerprint density at radius 2 is 2.00 bits per heavy atom. The molecule has 1 unspecified atom stereocenters. The number of halogens is 1. The third kappa shape index (κ3) is 3.29. The van der Waals surface area contributed by atoms with Crippen LogP contribution in [0.4, 0.5) is 0 Å². The third-order valence-electron chi connectivity index (χ3n) is 3.56. The molecule has 0 aliphatic heterocycles. The Hall–Kier alpha value is -1.75. The normalized spacial score (nSPS) is 12.5. The predicted molar refractivity (Wildman–Crippen MR) is 89.7 cm³/mol. The summed E-state index contributed by atoms with van der Waals surface area (Å²) in [6.07, 6.45) is 2.64. The van der Waals surface area contributed by atoms with Crippen molar-refractivity contribution in [2.45, 2.75) is 12.5 Å². The Morgan fingerprint density at radius 1 is 1.10 bits per heavy atom. The van der Waals surface area contributed by atoms with Crippen molar-refractivity contribution in [3.63, 3.8) is 0 Å². The second-order valence-corrected chi connectivity index (χ2v) is 5.92. The standard InChI is InChI=1S/C17H16BrN3/c18-15-5-1-3-12(9-15)10-17(21-19)14-7-6-13-4-2-8-20-16(13)11-14/h1-9,11,17,21H,10,19H2. The second kappa shape index (κ2) is 6.35. The van der Waals surface area contributed by atoms with E-state index in [4.69, 9.17) is 5.84 Å². The van der Waals surface area contributed by atoms with Gasteiger partial charge in [0.25, 0.3) is 0 Å². The molecule has 2 aromatic carbocycles. The first-order chi connectivity index (χ1) is 10.3. The van der Waals surface area contributed by atoms with Gasteiger partial charge in [0.15, 0.2) is 0 Å². The van der Waals surface area contributed by atoms with Gasteiger partial charge in [-0.1, -0.05) is 46.3 Å². The minimum absolute atomic E-state index is 0.0608. The van der Waals surface area contributed by atoms with Crippen molar-refractivity contribution in [1.82, 2.24) is 10.4 Å². The number of hydrogen-bond donors (Lipinski definition) is 2. The number of pyridine rings is 1. The highest BCUT2D eigenvalue weighted by atomic mass is 79.9. The first-order valence-corrected chi connectivity index (χ1v) is 7.61. The maximum atomic E-state index is 5.75. The zero-order chi connectivity index (χ0) is 14.7. The van der Waals surface area contributed by atoms with Crippen molar-refractivity contribution in [1.29, 1.82) is 0 Å². The summed E-state index contributed by atoms with van der Waals surface area (Å²) in [5.41, 5.74) is 6.27. The molecule has 0 saturated heterocycles. The zero-order valence-electron chi connectivity index (χ0n) is 11.5. The van der Waals surface area contributed by atoms with Crippen LogP contribution in [0.3, 0.4) is 0 Å². The number of fused-ring (bicyclic) bond motifs is 1. The average molecular weight is 342 g/mol. The number of benzene rings is 2. The number of nitrogens with two attached hydrogens (primary N) is 1. The van der Waals surface area contributed by atoms with Gasteiger partial charge in [0, 0.05) is 16.1 Å². The smallest absolute Gasteiger partial charge is 0.0705 e. The molecule has 1 aromatic heterocycles. The lowest BCUT2D eigenvalue weighted by Crippen LogP contribution is -2.29. The number of aromatic nitrogens is 1. The lowest BCUT2D eigenvalue weighted by atomic mass is 9.98. The van der Waals surface area contributed by atoms with Crippen LogP contribution in [0.2, 0.25) is 0 Å². The molecule has 3 nitrogen and oxygen atoms in total. The first kappa shape index (κ1) is 14.2. The Bertz CT molecular complexity index is 758. The molecular weight excluding hydrogens is 326 g/mol. The molecular formula is C17H16BrN3. The molecule has 1 heterocycles. The third-order valence-corrected chi connectivity index (χ3v) is 4.06. The molecule has 0 aliphatic carbocycles. The number of rotatable bonds is 4. The quantitative estimate of drug-likeness (QED) is 0.561. The summed E-state index contributed by atoms with van der Waals surface area (Å²) in [4.78, 5) is 4.40. The van der Waals surface area contributed by atoms with Gasteiger partial charge in [0.2, 0.25) is 0 Å². The number of nitrogens with one attached hydrogen (secondary N) is 1. The van der Waals surface area contributed by atoms with Crippen molar-refractivity contribution in [3.05, 3.63) is 76.4 Å². The molecule has 3 N–H and O–H groups in total. The van der Waals surface area contributed by atoms with Crippen molar-refractivity contribution >= 4 is 26.8 Å². The van der Waals surface area contributed by atoms with E-state index in [1.54, 1.807) is 0 Å². The molecule has 0 fully saturated rings. The van der Waals surface area contributed by atoms with E-state index >= 15 is 0 Å². The Morgan fingerprint density at radius 3 is 2.81 bits per heavy atom. The van der Waals surface area contributed by atoms with E-state index in [9.17, 15) is 0 Å². The summed E-state index contributed by atoms with van der Waals surface area (Å²) in [5, 5.41) is 1.14. The van der Waals surface area contributed by atoms with Crippen LogP contribution in [0.1, 0.15) is 17.2 Å². The van der Waals surface area contributed by atoms with Crippen LogP contribution in [0.25, 0.3) is 10.9 Å². The summed E-state index contributed by atoms with van der Waals surface area (Å²) >= 11 is 3.50. The van der Waals surface area contributed by atoms with Crippen LogP contribution < -0.4 is 11.3 Å². The predicted octanol–water partition coefficient (Wildman–Crippen LogP) is 3.74. The molecule has 0 radical (unpaired) electrons. The minimum atomic E-state index is 0.0608. The van der Waals surface area contributed by atoms with Gasteiger partial charge >= 0.3 is 0 Å². The lowest BCUT2D eigenvalue weighted by Gasteiger charge is -2.17. The van der Waals surface area contributed by atoms with E-state index in [2.05, 4.69) is 62.7 Å². The van der Waals surface area contributed by atoms with Crippen LogP contribution in [0.15, 0.2) is 65.3 Å². The van der Waals surface area contributed by atoms with Gasteiger partial charge in [-0.25, -0.2) is 0 Å². The Kier molecular flexibility index (Phi) is 4.29. The summed E-state index contributed by atoms with van der Waals surface area (Å²) in [6.45, 7) is 0. The highest BCUT2D eigenvalue weighted by molar-refractivity contribution is 9.10. The van der Waals surface area contributed by atoms with Gasteiger partial charge in [-0.3, -0.25) is 16.3 Å². The number of hydrogen-bond acceptors (Lipinski definition) is 3. The van der Waals surface area contributed by atoms with Crippen LogP contribution in [-0.2, 0) is 6.42 Å². The van der Waals surface area contributed by atoms with Gasteiger partial charge in [-0.15, -0.1) is 0 Å². The Balaban J connectivity index is 1.90. The zero-order valence-corrected chi connectivity index (χ0v) is 13.0. The lowest BCUT2D eigenvalue weighted by molar-refractivity contribution is 0.552. The van der Waals surface area contributed by atoms with Crippen LogP contribution in [0.5, 0.6) is 0 Å². The molecule has 106 valence electrons. The van der Waals surface area contributed by atoms with Crippen molar-refractivity contribution in [3.8, 4) is 0 Å². The van der Waals surface area contributed by atoms with E-state index in [0.29, 0.717) is 0 Å². The maximum absolute atomic E-state index is 5.75. The van der Waals surface area contributed by atoms with Crippen LogP contribution in [-0.4, -0.2) is 4.98 Å². The highest BCUT2D eigenvalue weighted by Gasteiger charge is 2.11. The molecule has 0 aliphatic rings. The van der Waals surface area contributed by atoms with Crippen molar-refractivity contribution < 1.29 is 0 Å². The summed E-state index contributed by atoms with van der Waals surface area (Å²) in [5.74, 6) is 5.75. The molecule has 4 heteroatoms. The van der Waals surface area contributed by atoms with Gasteiger partial charge in [-0.05, 0) is 41.8 Å². The minimum Gasteiger partial charge on any atom is -0.271 e. The van der Waals surface area contributed by atoms with E-state index in [1.165, 1.54) is 5.56 Å². The van der Waals surface area contributed by atoms with Gasteiger partial charge < -0.3 is 0 Å². The number of hydrazine groups is 1. The molecule has 0 bridgehead atoms. The fourth-order valence-electron chi connectivity index (χ4n) is 2.47. The fraction of sp³-hybridized carbons (Fsp3) is 0.118. The van der Waals surface area contributed by atoms with Crippen LogP contribution in [0, 0.1) is 0 Å². The van der Waals surface area contributed by atoms with Gasteiger partial charge in [0.05, 0.1) is 11.6 Å². The highest BCUT2D eigenvalue weighted by Crippen LogP contribution is 2.23.